The molecule has 0 aromatic heterocycles. The van der Waals surface area contributed by atoms with E-state index in [4.69, 9.17) is 21.1 Å². The Morgan fingerprint density at radius 2 is 1.76 bits per heavy atom. The summed E-state index contributed by atoms with van der Waals surface area (Å²) < 4.78 is 11.2. The van der Waals surface area contributed by atoms with Crippen LogP contribution in [-0.2, 0) is 13.2 Å². The second-order valence-electron chi connectivity index (χ2n) is 4.96. The number of ether oxygens (including phenoxy) is 2. The lowest BCUT2D eigenvalue weighted by Gasteiger charge is -2.15. The highest BCUT2D eigenvalue weighted by Gasteiger charge is 2.09. The number of benzene rings is 2. The standard InChI is InChI=1S/C17H19ClO3/c1-11-6-13(9-19)7-12(2)17(11)21-10-14-8-15(18)4-5-16(14)20-3/h4-8,19H,9-10H2,1-3H3. The van der Waals surface area contributed by atoms with E-state index >= 15 is 0 Å². The molecule has 4 heteroatoms. The van der Waals surface area contributed by atoms with E-state index in [9.17, 15) is 5.11 Å². The quantitative estimate of drug-likeness (QED) is 0.906. The van der Waals surface area contributed by atoms with Crippen LogP contribution in [-0.4, -0.2) is 12.2 Å². The van der Waals surface area contributed by atoms with Crippen LogP contribution in [0.25, 0.3) is 0 Å². The summed E-state index contributed by atoms with van der Waals surface area (Å²) in [6.45, 7) is 4.35. The van der Waals surface area contributed by atoms with E-state index < -0.39 is 0 Å². The summed E-state index contributed by atoms with van der Waals surface area (Å²) in [6, 6.07) is 9.31. The maximum Gasteiger partial charge on any atom is 0.125 e. The second-order valence-corrected chi connectivity index (χ2v) is 5.40. The fourth-order valence-corrected chi connectivity index (χ4v) is 2.56. The summed E-state index contributed by atoms with van der Waals surface area (Å²) in [4.78, 5) is 0. The first-order valence-corrected chi connectivity index (χ1v) is 7.09. The first-order chi connectivity index (χ1) is 10.0. The Labute approximate surface area is 130 Å². The summed E-state index contributed by atoms with van der Waals surface area (Å²) in [5.74, 6) is 1.58. The number of aryl methyl sites for hydroxylation is 2. The zero-order valence-electron chi connectivity index (χ0n) is 12.4. The average Bonchev–Trinajstić information content (AvgIpc) is 2.46. The summed E-state index contributed by atoms with van der Waals surface area (Å²) >= 11 is 6.02. The summed E-state index contributed by atoms with van der Waals surface area (Å²) in [7, 11) is 1.62. The Morgan fingerprint density at radius 3 is 2.33 bits per heavy atom. The first kappa shape index (κ1) is 15.7. The van der Waals surface area contributed by atoms with Crippen molar-refractivity contribution in [1.29, 1.82) is 0 Å². The largest absolute Gasteiger partial charge is 0.496 e. The topological polar surface area (TPSA) is 38.7 Å². The Balaban J connectivity index is 2.22. The van der Waals surface area contributed by atoms with Gasteiger partial charge in [0.2, 0.25) is 0 Å². The zero-order valence-corrected chi connectivity index (χ0v) is 13.2. The van der Waals surface area contributed by atoms with Crippen molar-refractivity contribution in [3.8, 4) is 11.5 Å². The Kier molecular flexibility index (Phi) is 5.10. The van der Waals surface area contributed by atoms with Crippen molar-refractivity contribution in [3.05, 3.63) is 57.6 Å². The molecule has 0 fully saturated rings. The van der Waals surface area contributed by atoms with Gasteiger partial charge in [-0.2, -0.15) is 0 Å². The highest BCUT2D eigenvalue weighted by Crippen LogP contribution is 2.28. The summed E-state index contributed by atoms with van der Waals surface area (Å²) in [5.41, 5.74) is 3.79. The fourth-order valence-electron chi connectivity index (χ4n) is 2.37. The maximum absolute atomic E-state index is 9.21. The predicted molar refractivity (Wildman–Crippen MR) is 84.2 cm³/mol. The SMILES string of the molecule is COc1ccc(Cl)cc1COc1c(C)cc(CO)cc1C. The molecule has 0 aliphatic carbocycles. The van der Waals surface area contributed by atoms with Crippen LogP contribution in [0.5, 0.6) is 11.5 Å². The molecule has 3 nitrogen and oxygen atoms in total. The van der Waals surface area contributed by atoms with E-state index in [1.54, 1.807) is 13.2 Å². The Morgan fingerprint density at radius 1 is 1.10 bits per heavy atom. The third-order valence-electron chi connectivity index (χ3n) is 3.32. The van der Waals surface area contributed by atoms with Crippen molar-refractivity contribution in [2.24, 2.45) is 0 Å². The third kappa shape index (κ3) is 3.69. The maximum atomic E-state index is 9.21. The normalized spacial score (nSPS) is 10.5. The molecule has 0 aliphatic heterocycles. The van der Waals surface area contributed by atoms with Gasteiger partial charge >= 0.3 is 0 Å². The minimum atomic E-state index is 0.0318. The summed E-state index contributed by atoms with van der Waals surface area (Å²) in [5, 5.41) is 9.86. The van der Waals surface area contributed by atoms with Crippen LogP contribution in [0, 0.1) is 13.8 Å². The monoisotopic (exact) mass is 306 g/mol. The van der Waals surface area contributed by atoms with E-state index in [-0.39, 0.29) is 6.61 Å². The van der Waals surface area contributed by atoms with E-state index in [2.05, 4.69) is 0 Å². The summed E-state index contributed by atoms with van der Waals surface area (Å²) in [6.07, 6.45) is 0. The van der Waals surface area contributed by atoms with E-state index in [0.717, 1.165) is 33.8 Å². The molecule has 0 heterocycles. The van der Waals surface area contributed by atoms with Crippen molar-refractivity contribution >= 4 is 11.6 Å². The molecule has 0 saturated carbocycles. The van der Waals surface area contributed by atoms with Crippen LogP contribution >= 0.6 is 11.6 Å². The molecule has 0 amide bonds. The van der Waals surface area contributed by atoms with Crippen molar-refractivity contribution in [2.45, 2.75) is 27.1 Å². The fraction of sp³-hybridized carbons (Fsp3) is 0.294. The van der Waals surface area contributed by atoms with Crippen LogP contribution in [0.1, 0.15) is 22.3 Å². The lowest BCUT2D eigenvalue weighted by molar-refractivity contribution is 0.279. The van der Waals surface area contributed by atoms with Gasteiger partial charge in [-0.15, -0.1) is 0 Å². The second kappa shape index (κ2) is 6.83. The van der Waals surface area contributed by atoms with Crippen molar-refractivity contribution in [2.75, 3.05) is 7.11 Å². The molecule has 2 aromatic rings. The highest BCUT2D eigenvalue weighted by molar-refractivity contribution is 6.30. The predicted octanol–water partition coefficient (Wildman–Crippen LogP) is 4.04. The van der Waals surface area contributed by atoms with Crippen LogP contribution in [0.15, 0.2) is 30.3 Å². The molecule has 2 aromatic carbocycles. The lowest BCUT2D eigenvalue weighted by Crippen LogP contribution is -2.02. The molecule has 0 aliphatic rings. The molecular formula is C17H19ClO3. The minimum Gasteiger partial charge on any atom is -0.496 e. The molecule has 0 spiro atoms. The van der Waals surface area contributed by atoms with Gasteiger partial charge in [0.15, 0.2) is 0 Å². The van der Waals surface area contributed by atoms with Crippen molar-refractivity contribution in [3.63, 3.8) is 0 Å². The van der Waals surface area contributed by atoms with Gasteiger partial charge in [-0.1, -0.05) is 23.7 Å². The van der Waals surface area contributed by atoms with Gasteiger partial charge in [-0.05, 0) is 48.7 Å². The minimum absolute atomic E-state index is 0.0318. The lowest BCUT2D eigenvalue weighted by atomic mass is 10.1. The number of halogens is 1. The van der Waals surface area contributed by atoms with E-state index in [1.807, 2.05) is 38.1 Å². The molecule has 21 heavy (non-hydrogen) atoms. The number of rotatable bonds is 5. The molecule has 0 unspecified atom stereocenters. The highest BCUT2D eigenvalue weighted by atomic mass is 35.5. The van der Waals surface area contributed by atoms with Gasteiger partial charge in [0, 0.05) is 10.6 Å². The van der Waals surface area contributed by atoms with Gasteiger partial charge in [-0.3, -0.25) is 0 Å². The van der Waals surface area contributed by atoms with Crippen LogP contribution in [0.2, 0.25) is 5.02 Å². The van der Waals surface area contributed by atoms with Crippen LogP contribution in [0.4, 0.5) is 0 Å². The molecule has 0 saturated heterocycles. The van der Waals surface area contributed by atoms with E-state index in [1.165, 1.54) is 0 Å². The molecular weight excluding hydrogens is 288 g/mol. The molecule has 0 atom stereocenters. The van der Waals surface area contributed by atoms with Gasteiger partial charge in [0.25, 0.3) is 0 Å². The van der Waals surface area contributed by atoms with Gasteiger partial charge in [0.1, 0.15) is 18.1 Å². The number of aliphatic hydroxyl groups is 1. The smallest absolute Gasteiger partial charge is 0.125 e. The number of hydrogen-bond donors (Lipinski definition) is 1. The molecule has 112 valence electrons. The number of aliphatic hydroxyl groups excluding tert-OH is 1. The first-order valence-electron chi connectivity index (χ1n) is 6.71. The Hall–Kier alpha value is -1.71. The van der Waals surface area contributed by atoms with Crippen LogP contribution in [0.3, 0.4) is 0 Å². The average molecular weight is 307 g/mol. The van der Waals surface area contributed by atoms with Crippen molar-refractivity contribution < 1.29 is 14.6 Å². The number of hydrogen-bond acceptors (Lipinski definition) is 3. The molecule has 0 radical (unpaired) electrons. The van der Waals surface area contributed by atoms with Crippen molar-refractivity contribution in [1.82, 2.24) is 0 Å². The van der Waals surface area contributed by atoms with E-state index in [0.29, 0.717) is 11.6 Å². The van der Waals surface area contributed by atoms with Gasteiger partial charge in [0.05, 0.1) is 13.7 Å². The van der Waals surface area contributed by atoms with Gasteiger partial charge in [-0.25, -0.2) is 0 Å². The number of methoxy groups -OCH3 is 1. The van der Waals surface area contributed by atoms with Crippen LogP contribution < -0.4 is 9.47 Å². The zero-order chi connectivity index (χ0) is 15.4. The Bertz CT molecular complexity index is 615. The third-order valence-corrected chi connectivity index (χ3v) is 3.55. The van der Waals surface area contributed by atoms with Gasteiger partial charge < -0.3 is 14.6 Å². The molecule has 1 N–H and O–H groups in total. The molecule has 0 bridgehead atoms. The molecule has 2 rings (SSSR count).